The van der Waals surface area contributed by atoms with E-state index in [1.54, 1.807) is 18.4 Å². The number of aryl methyl sites for hydroxylation is 1. The minimum absolute atomic E-state index is 0.248. The van der Waals surface area contributed by atoms with Crippen LogP contribution in [0, 0.1) is 6.92 Å². The quantitative estimate of drug-likeness (QED) is 0.511. The topological polar surface area (TPSA) is 85.6 Å². The Bertz CT molecular complexity index is 1210. The van der Waals surface area contributed by atoms with Crippen LogP contribution < -0.4 is 5.43 Å². The molecule has 0 radical (unpaired) electrons. The van der Waals surface area contributed by atoms with Gasteiger partial charge in [-0.05, 0) is 18.6 Å². The molecule has 0 aliphatic heterocycles. The summed E-state index contributed by atoms with van der Waals surface area (Å²) in [5.41, 5.74) is 4.31. The van der Waals surface area contributed by atoms with Crippen molar-refractivity contribution in [2.45, 2.75) is 19.8 Å². The fraction of sp³-hybridized carbons (Fsp3) is 0.167. The lowest BCUT2D eigenvalue weighted by Crippen LogP contribution is -2.23. The van der Waals surface area contributed by atoms with E-state index in [-0.39, 0.29) is 5.56 Å². The number of thiazole rings is 1. The third-order valence-electron chi connectivity index (χ3n) is 4.18. The molecule has 0 atom stereocenters. The number of nitrogens with zero attached hydrogens (tertiary/aromatic N) is 5. The largest absolute Gasteiger partial charge is 0.273 e. The number of amides is 1. The van der Waals surface area contributed by atoms with Crippen molar-refractivity contribution in [2.75, 3.05) is 5.43 Å². The SMILES string of the molecule is Cc1nc(-c2nc(Cl)cs2)ncc1C(=O)Nn1cc(CC(F)F)c2ccncc21. The van der Waals surface area contributed by atoms with Crippen molar-refractivity contribution in [3.63, 3.8) is 0 Å². The molecule has 148 valence electrons. The summed E-state index contributed by atoms with van der Waals surface area (Å²) in [5.74, 6) is -0.110. The molecule has 1 amide bonds. The third-order valence-corrected chi connectivity index (χ3v) is 5.34. The molecule has 0 fully saturated rings. The van der Waals surface area contributed by atoms with Gasteiger partial charge in [0, 0.05) is 35.8 Å². The summed E-state index contributed by atoms with van der Waals surface area (Å²) in [6.45, 7) is 1.67. The number of pyridine rings is 1. The smallest absolute Gasteiger partial charge is 0.267 e. The van der Waals surface area contributed by atoms with E-state index in [0.717, 1.165) is 0 Å². The van der Waals surface area contributed by atoms with Gasteiger partial charge in [0.25, 0.3) is 5.91 Å². The van der Waals surface area contributed by atoms with Crippen LogP contribution in [0.3, 0.4) is 0 Å². The molecular weight excluding hydrogens is 422 g/mol. The fourth-order valence-corrected chi connectivity index (χ4v) is 3.77. The fourth-order valence-electron chi connectivity index (χ4n) is 2.89. The molecule has 0 saturated carbocycles. The number of nitrogens with one attached hydrogen (secondary N) is 1. The molecule has 4 aromatic heterocycles. The maximum absolute atomic E-state index is 12.9. The Hall–Kier alpha value is -2.98. The van der Waals surface area contributed by atoms with Gasteiger partial charge in [-0.1, -0.05) is 11.6 Å². The van der Waals surface area contributed by atoms with Crippen LogP contribution in [0.5, 0.6) is 0 Å². The number of hydrogen-bond acceptors (Lipinski definition) is 6. The van der Waals surface area contributed by atoms with Gasteiger partial charge in [-0.25, -0.2) is 23.7 Å². The standard InChI is InChI=1S/C18H13ClF2N6OS/c1-9-12(5-23-16(24-9)18-25-14(19)8-29-18)17(28)26-27-7-10(4-15(20)21)11-2-3-22-6-13(11)27/h2-3,5-8,15H,4H2,1H3,(H,26,28). The number of fused-ring (bicyclic) bond motifs is 1. The lowest BCUT2D eigenvalue weighted by atomic mass is 10.1. The Kier molecular flexibility index (Phi) is 5.20. The van der Waals surface area contributed by atoms with E-state index in [0.29, 0.717) is 38.1 Å². The number of carbonyl (C=O) groups is 1. The highest BCUT2D eigenvalue weighted by atomic mass is 35.5. The first-order chi connectivity index (χ1) is 13.9. The van der Waals surface area contributed by atoms with Gasteiger partial charge in [-0.15, -0.1) is 11.3 Å². The molecule has 29 heavy (non-hydrogen) atoms. The molecule has 4 heterocycles. The van der Waals surface area contributed by atoms with E-state index in [4.69, 9.17) is 11.6 Å². The number of halogens is 3. The molecule has 4 aromatic rings. The summed E-state index contributed by atoms with van der Waals surface area (Å²) in [4.78, 5) is 29.4. The van der Waals surface area contributed by atoms with Gasteiger partial charge in [0.1, 0.15) is 5.15 Å². The molecule has 7 nitrogen and oxygen atoms in total. The lowest BCUT2D eigenvalue weighted by molar-refractivity contribution is 0.101. The van der Waals surface area contributed by atoms with Crippen molar-refractivity contribution in [3.05, 3.63) is 58.2 Å². The van der Waals surface area contributed by atoms with E-state index in [2.05, 4.69) is 25.4 Å². The summed E-state index contributed by atoms with van der Waals surface area (Å²) in [5, 5.41) is 3.16. The van der Waals surface area contributed by atoms with Crippen molar-refractivity contribution >= 4 is 39.7 Å². The monoisotopic (exact) mass is 434 g/mol. The highest BCUT2D eigenvalue weighted by Crippen LogP contribution is 2.24. The zero-order valence-corrected chi connectivity index (χ0v) is 16.5. The number of carbonyl (C=O) groups excluding carboxylic acids is 1. The van der Waals surface area contributed by atoms with Crippen LogP contribution in [-0.2, 0) is 6.42 Å². The van der Waals surface area contributed by atoms with Crippen LogP contribution >= 0.6 is 22.9 Å². The van der Waals surface area contributed by atoms with Gasteiger partial charge >= 0.3 is 0 Å². The van der Waals surface area contributed by atoms with Gasteiger partial charge in [0.05, 0.1) is 23.0 Å². The Labute approximate surface area is 172 Å². The minimum Gasteiger partial charge on any atom is -0.267 e. The molecule has 1 N–H and O–H groups in total. The highest BCUT2D eigenvalue weighted by Gasteiger charge is 2.18. The second-order valence-corrected chi connectivity index (χ2v) is 7.37. The van der Waals surface area contributed by atoms with Crippen LogP contribution in [0.4, 0.5) is 8.78 Å². The molecular formula is C18H13ClF2N6OS. The Morgan fingerprint density at radius 1 is 1.34 bits per heavy atom. The van der Waals surface area contributed by atoms with Gasteiger partial charge in [0.2, 0.25) is 6.43 Å². The lowest BCUT2D eigenvalue weighted by Gasteiger charge is -2.09. The van der Waals surface area contributed by atoms with Crippen LogP contribution in [0.15, 0.2) is 36.2 Å². The predicted molar refractivity (Wildman–Crippen MR) is 106 cm³/mol. The molecule has 0 aromatic carbocycles. The molecule has 0 saturated heterocycles. The van der Waals surface area contributed by atoms with Gasteiger partial charge < -0.3 is 0 Å². The Morgan fingerprint density at radius 2 is 2.17 bits per heavy atom. The molecule has 0 unspecified atom stereocenters. The van der Waals surface area contributed by atoms with Gasteiger partial charge in [-0.2, -0.15) is 0 Å². The third kappa shape index (κ3) is 3.94. The van der Waals surface area contributed by atoms with Crippen LogP contribution in [0.2, 0.25) is 5.15 Å². The molecule has 0 aliphatic rings. The maximum atomic E-state index is 12.9. The number of alkyl halides is 2. The molecule has 0 aliphatic carbocycles. The summed E-state index contributed by atoms with van der Waals surface area (Å²) < 4.78 is 27.1. The maximum Gasteiger partial charge on any atom is 0.273 e. The number of rotatable bonds is 5. The van der Waals surface area contributed by atoms with E-state index >= 15 is 0 Å². The Balaban J connectivity index is 1.63. The van der Waals surface area contributed by atoms with E-state index in [1.165, 1.54) is 40.8 Å². The predicted octanol–water partition coefficient (Wildman–Crippen LogP) is 4.10. The first kappa shape index (κ1) is 19.3. The van der Waals surface area contributed by atoms with Crippen molar-refractivity contribution in [1.29, 1.82) is 0 Å². The summed E-state index contributed by atoms with van der Waals surface area (Å²) in [6.07, 6.45) is 2.97. The zero-order chi connectivity index (χ0) is 20.5. The van der Waals surface area contributed by atoms with Crippen LogP contribution in [0.1, 0.15) is 21.6 Å². The number of hydrogen-bond donors (Lipinski definition) is 1. The van der Waals surface area contributed by atoms with Crippen LogP contribution in [0.25, 0.3) is 21.7 Å². The van der Waals surface area contributed by atoms with Gasteiger partial charge in [-0.3, -0.25) is 19.9 Å². The highest BCUT2D eigenvalue weighted by molar-refractivity contribution is 7.13. The summed E-state index contributed by atoms with van der Waals surface area (Å²) in [6, 6.07) is 1.64. The van der Waals surface area contributed by atoms with Crippen molar-refractivity contribution < 1.29 is 13.6 Å². The minimum atomic E-state index is -2.50. The van der Waals surface area contributed by atoms with Crippen LogP contribution in [-0.4, -0.2) is 36.9 Å². The molecule has 0 spiro atoms. The first-order valence-corrected chi connectivity index (χ1v) is 9.66. The van der Waals surface area contributed by atoms with E-state index in [1.807, 2.05) is 0 Å². The second kappa shape index (κ2) is 7.80. The number of aromatic nitrogens is 5. The Morgan fingerprint density at radius 3 is 2.86 bits per heavy atom. The molecule has 4 rings (SSSR count). The summed E-state index contributed by atoms with van der Waals surface area (Å²) >= 11 is 7.12. The normalized spacial score (nSPS) is 11.3. The van der Waals surface area contributed by atoms with Gasteiger partial charge in [0.15, 0.2) is 10.8 Å². The molecule has 0 bridgehead atoms. The first-order valence-electron chi connectivity index (χ1n) is 8.41. The van der Waals surface area contributed by atoms with E-state index < -0.39 is 18.8 Å². The second-order valence-electron chi connectivity index (χ2n) is 6.12. The van der Waals surface area contributed by atoms with Crippen molar-refractivity contribution in [3.8, 4) is 10.8 Å². The van der Waals surface area contributed by atoms with Crippen molar-refractivity contribution in [1.82, 2.24) is 24.6 Å². The summed E-state index contributed by atoms with van der Waals surface area (Å²) in [7, 11) is 0. The average molecular weight is 435 g/mol. The molecule has 11 heteroatoms. The van der Waals surface area contributed by atoms with Crippen molar-refractivity contribution in [2.24, 2.45) is 0 Å². The average Bonchev–Trinajstić information content (AvgIpc) is 3.26. The zero-order valence-electron chi connectivity index (χ0n) is 14.9. The van der Waals surface area contributed by atoms with E-state index in [9.17, 15) is 13.6 Å².